The van der Waals surface area contributed by atoms with Crippen LogP contribution in [0.1, 0.15) is 12.5 Å². The van der Waals surface area contributed by atoms with E-state index in [1.54, 1.807) is 19.3 Å². The third-order valence-electron chi connectivity index (χ3n) is 2.06. The fraction of sp³-hybridized carbons (Fsp3) is 0.400. The van der Waals surface area contributed by atoms with E-state index in [2.05, 4.69) is 4.98 Å². The van der Waals surface area contributed by atoms with Gasteiger partial charge in [0.2, 0.25) is 0 Å². The van der Waals surface area contributed by atoms with E-state index in [9.17, 15) is 4.79 Å². The molecule has 0 saturated heterocycles. The predicted octanol–water partition coefficient (Wildman–Crippen LogP) is 0.788. The van der Waals surface area contributed by atoms with Crippen LogP contribution in [-0.2, 0) is 11.2 Å². The highest BCUT2D eigenvalue weighted by Crippen LogP contribution is 2.06. The van der Waals surface area contributed by atoms with Crippen LogP contribution in [0.3, 0.4) is 0 Å². The average molecular weight is 178 g/mol. The molecule has 3 nitrogen and oxygen atoms in total. The third kappa shape index (κ3) is 2.95. The zero-order valence-electron chi connectivity index (χ0n) is 7.73. The molecule has 0 aliphatic carbocycles. The first-order chi connectivity index (χ1) is 6.24. The van der Waals surface area contributed by atoms with Crippen molar-refractivity contribution in [3.8, 4) is 0 Å². The minimum Gasteiger partial charge on any atom is -0.330 e. The zero-order valence-corrected chi connectivity index (χ0v) is 7.73. The molecule has 13 heavy (non-hydrogen) atoms. The molecular formula is C10H14N2O. The van der Waals surface area contributed by atoms with Gasteiger partial charge >= 0.3 is 0 Å². The molecule has 1 rings (SSSR count). The van der Waals surface area contributed by atoms with E-state index in [0.29, 0.717) is 13.0 Å². The van der Waals surface area contributed by atoms with Gasteiger partial charge in [-0.3, -0.25) is 9.78 Å². The monoisotopic (exact) mass is 178 g/mol. The molecule has 3 heteroatoms. The van der Waals surface area contributed by atoms with Gasteiger partial charge in [0.1, 0.15) is 5.78 Å². The Morgan fingerprint density at radius 3 is 2.92 bits per heavy atom. The molecule has 1 aromatic rings. The Hall–Kier alpha value is -1.22. The van der Waals surface area contributed by atoms with Crippen LogP contribution in [0.2, 0.25) is 0 Å². The van der Waals surface area contributed by atoms with E-state index in [-0.39, 0.29) is 11.7 Å². The van der Waals surface area contributed by atoms with Gasteiger partial charge in [-0.2, -0.15) is 0 Å². The Morgan fingerprint density at radius 1 is 1.69 bits per heavy atom. The Bertz CT molecular complexity index is 272. The van der Waals surface area contributed by atoms with Gasteiger partial charge in [-0.25, -0.2) is 0 Å². The lowest BCUT2D eigenvalue weighted by Crippen LogP contribution is -2.23. The van der Waals surface area contributed by atoms with E-state index in [4.69, 9.17) is 5.73 Å². The lowest BCUT2D eigenvalue weighted by atomic mass is 9.97. The average Bonchev–Trinajstić information content (AvgIpc) is 2.15. The summed E-state index contributed by atoms with van der Waals surface area (Å²) >= 11 is 0. The van der Waals surface area contributed by atoms with E-state index in [1.807, 2.05) is 12.1 Å². The van der Waals surface area contributed by atoms with Crippen LogP contribution >= 0.6 is 0 Å². The number of carbonyl (C=O) groups excluding carboxylic acids is 1. The van der Waals surface area contributed by atoms with E-state index < -0.39 is 0 Å². The van der Waals surface area contributed by atoms with Crippen molar-refractivity contribution in [3.63, 3.8) is 0 Å². The number of carbonyl (C=O) groups is 1. The minimum atomic E-state index is -0.0656. The molecule has 0 amide bonds. The smallest absolute Gasteiger partial charge is 0.134 e. The summed E-state index contributed by atoms with van der Waals surface area (Å²) < 4.78 is 0. The Kier molecular flexibility index (Phi) is 3.58. The second-order valence-corrected chi connectivity index (χ2v) is 3.11. The summed E-state index contributed by atoms with van der Waals surface area (Å²) in [5, 5.41) is 0. The molecule has 2 N–H and O–H groups in total. The maximum Gasteiger partial charge on any atom is 0.134 e. The molecule has 1 aromatic heterocycles. The van der Waals surface area contributed by atoms with Crippen LogP contribution in [0, 0.1) is 5.92 Å². The highest BCUT2D eigenvalue weighted by atomic mass is 16.1. The molecule has 0 fully saturated rings. The fourth-order valence-electron chi connectivity index (χ4n) is 1.20. The van der Waals surface area contributed by atoms with E-state index in [0.717, 1.165) is 5.56 Å². The summed E-state index contributed by atoms with van der Waals surface area (Å²) in [4.78, 5) is 15.1. The van der Waals surface area contributed by atoms with Gasteiger partial charge in [-0.05, 0) is 25.0 Å². The normalized spacial score (nSPS) is 12.5. The number of pyridine rings is 1. The number of rotatable bonds is 4. The molecule has 0 unspecified atom stereocenters. The van der Waals surface area contributed by atoms with Crippen LogP contribution in [0.4, 0.5) is 0 Å². The van der Waals surface area contributed by atoms with E-state index >= 15 is 0 Å². The number of aromatic nitrogens is 1. The summed E-state index contributed by atoms with van der Waals surface area (Å²) in [5.74, 6) is 0.0792. The number of nitrogens with two attached hydrogens (primary N) is 1. The molecule has 1 atom stereocenters. The van der Waals surface area contributed by atoms with Crippen molar-refractivity contribution < 1.29 is 4.79 Å². The van der Waals surface area contributed by atoms with Crippen molar-refractivity contribution in [2.45, 2.75) is 13.3 Å². The quantitative estimate of drug-likeness (QED) is 0.741. The first-order valence-corrected chi connectivity index (χ1v) is 4.33. The molecule has 0 aliphatic rings. The second kappa shape index (κ2) is 4.72. The molecule has 0 aliphatic heterocycles. The second-order valence-electron chi connectivity index (χ2n) is 3.11. The van der Waals surface area contributed by atoms with Crippen LogP contribution in [0.15, 0.2) is 24.5 Å². The highest BCUT2D eigenvalue weighted by molar-refractivity contribution is 5.78. The van der Waals surface area contributed by atoms with Gasteiger partial charge in [0.15, 0.2) is 0 Å². The summed E-state index contributed by atoms with van der Waals surface area (Å²) in [6.45, 7) is 1.98. The van der Waals surface area contributed by atoms with Crippen LogP contribution < -0.4 is 5.73 Å². The lowest BCUT2D eigenvalue weighted by molar-refractivity contribution is -0.120. The van der Waals surface area contributed by atoms with Crippen molar-refractivity contribution >= 4 is 5.78 Å². The number of ketones is 1. The molecule has 0 saturated carbocycles. The summed E-state index contributed by atoms with van der Waals surface area (Å²) in [5.41, 5.74) is 6.54. The summed E-state index contributed by atoms with van der Waals surface area (Å²) in [7, 11) is 0. The Labute approximate surface area is 78.0 Å². The van der Waals surface area contributed by atoms with Crippen LogP contribution in [0.25, 0.3) is 0 Å². The summed E-state index contributed by atoms with van der Waals surface area (Å²) in [6.07, 6.45) is 4.18. The molecule has 0 radical (unpaired) electrons. The van der Waals surface area contributed by atoms with Crippen LogP contribution in [0.5, 0.6) is 0 Å². The standard InChI is InChI=1S/C10H14N2O/c1-8(13)10(6-11)5-9-3-2-4-12-7-9/h2-4,7,10H,5-6,11H2,1H3/t10-/m0/s1. The third-order valence-corrected chi connectivity index (χ3v) is 2.06. The topological polar surface area (TPSA) is 56.0 Å². The Morgan fingerprint density at radius 2 is 2.46 bits per heavy atom. The van der Waals surface area contributed by atoms with Gasteiger partial charge in [-0.15, -0.1) is 0 Å². The van der Waals surface area contributed by atoms with Gasteiger partial charge in [0.05, 0.1) is 0 Å². The van der Waals surface area contributed by atoms with E-state index in [1.165, 1.54) is 0 Å². The van der Waals surface area contributed by atoms with Gasteiger partial charge < -0.3 is 5.73 Å². The van der Waals surface area contributed by atoms with Crippen molar-refractivity contribution in [2.24, 2.45) is 11.7 Å². The molecule has 1 heterocycles. The largest absolute Gasteiger partial charge is 0.330 e. The number of nitrogens with zero attached hydrogens (tertiary/aromatic N) is 1. The van der Waals surface area contributed by atoms with Gasteiger partial charge in [-0.1, -0.05) is 6.07 Å². The molecule has 70 valence electrons. The fourth-order valence-corrected chi connectivity index (χ4v) is 1.20. The van der Waals surface area contributed by atoms with Crippen molar-refractivity contribution in [1.82, 2.24) is 4.98 Å². The molecule has 0 aromatic carbocycles. The zero-order chi connectivity index (χ0) is 9.68. The number of Topliss-reactive ketones (excluding diaryl/α,β-unsaturated/α-hetero) is 1. The number of hydrogen-bond acceptors (Lipinski definition) is 3. The van der Waals surface area contributed by atoms with Crippen LogP contribution in [-0.4, -0.2) is 17.3 Å². The minimum absolute atomic E-state index is 0.0656. The van der Waals surface area contributed by atoms with Crippen molar-refractivity contribution in [1.29, 1.82) is 0 Å². The first kappa shape index (κ1) is 9.86. The SMILES string of the molecule is CC(=O)[C@H](CN)Cc1cccnc1. The van der Waals surface area contributed by atoms with Crippen molar-refractivity contribution in [3.05, 3.63) is 30.1 Å². The highest BCUT2D eigenvalue weighted by Gasteiger charge is 2.12. The number of hydrogen-bond donors (Lipinski definition) is 1. The molecule has 0 bridgehead atoms. The first-order valence-electron chi connectivity index (χ1n) is 4.33. The van der Waals surface area contributed by atoms with Gasteiger partial charge in [0.25, 0.3) is 0 Å². The summed E-state index contributed by atoms with van der Waals surface area (Å²) in [6, 6.07) is 3.82. The van der Waals surface area contributed by atoms with Gasteiger partial charge in [0, 0.05) is 24.9 Å². The Balaban J connectivity index is 2.62. The lowest BCUT2D eigenvalue weighted by Gasteiger charge is -2.09. The maximum absolute atomic E-state index is 11.1. The predicted molar refractivity (Wildman–Crippen MR) is 51.2 cm³/mol. The molecule has 0 spiro atoms. The molecular weight excluding hydrogens is 164 g/mol. The van der Waals surface area contributed by atoms with Crippen molar-refractivity contribution in [2.75, 3.05) is 6.54 Å². The maximum atomic E-state index is 11.1.